The summed E-state index contributed by atoms with van der Waals surface area (Å²) in [5.41, 5.74) is 2.46. The first kappa shape index (κ1) is 10.5. The topological polar surface area (TPSA) is 32.3 Å². The van der Waals surface area contributed by atoms with E-state index in [1.165, 1.54) is 11.3 Å². The molecule has 1 aromatic carbocycles. The van der Waals surface area contributed by atoms with E-state index in [-0.39, 0.29) is 17.6 Å². The van der Waals surface area contributed by atoms with Gasteiger partial charge in [0, 0.05) is 12.1 Å². The highest BCUT2D eigenvalue weighted by atomic mass is 16.3. The van der Waals surface area contributed by atoms with Crippen molar-refractivity contribution in [3.8, 4) is 0 Å². The van der Waals surface area contributed by atoms with E-state index in [2.05, 4.69) is 38.2 Å². The number of hydrogen-bond acceptors (Lipinski definition) is 2. The molecule has 0 saturated heterocycles. The average molecular weight is 205 g/mol. The highest BCUT2D eigenvalue weighted by Gasteiger charge is 2.34. The molecule has 1 heterocycles. The monoisotopic (exact) mass is 205 g/mol. The lowest BCUT2D eigenvalue weighted by Crippen LogP contribution is -2.47. The van der Waals surface area contributed by atoms with Gasteiger partial charge in [-0.15, -0.1) is 0 Å². The van der Waals surface area contributed by atoms with Crippen LogP contribution in [-0.4, -0.2) is 17.3 Å². The van der Waals surface area contributed by atoms with Crippen molar-refractivity contribution >= 4 is 5.69 Å². The zero-order valence-corrected chi connectivity index (χ0v) is 9.62. The Morgan fingerprint density at radius 2 is 1.93 bits per heavy atom. The summed E-state index contributed by atoms with van der Waals surface area (Å²) in [6.45, 7) is 6.46. The third-order valence-electron chi connectivity index (χ3n) is 3.08. The molecule has 0 unspecified atom stereocenters. The molecule has 1 aromatic rings. The highest BCUT2D eigenvalue weighted by molar-refractivity contribution is 5.54. The molecule has 1 aliphatic heterocycles. The number of nitrogens with one attached hydrogen (secondary N) is 1. The van der Waals surface area contributed by atoms with Gasteiger partial charge in [-0.3, -0.25) is 0 Å². The van der Waals surface area contributed by atoms with Crippen LogP contribution in [0.5, 0.6) is 0 Å². The van der Waals surface area contributed by atoms with E-state index in [0.717, 1.165) is 6.42 Å². The lowest BCUT2D eigenvalue weighted by molar-refractivity contribution is 0.0987. The van der Waals surface area contributed by atoms with Crippen LogP contribution in [0.4, 0.5) is 5.69 Å². The van der Waals surface area contributed by atoms with Crippen LogP contribution < -0.4 is 5.32 Å². The van der Waals surface area contributed by atoms with Gasteiger partial charge in [-0.1, -0.05) is 39.0 Å². The molecule has 0 amide bonds. The molecule has 0 radical (unpaired) electrons. The summed E-state index contributed by atoms with van der Waals surface area (Å²) in [5, 5.41) is 13.5. The molecule has 2 heteroatoms. The average Bonchev–Trinajstić information content (AvgIpc) is 2.15. The van der Waals surface area contributed by atoms with Crippen LogP contribution in [0.1, 0.15) is 26.3 Å². The second kappa shape index (κ2) is 3.53. The quantitative estimate of drug-likeness (QED) is 0.682. The first-order valence-corrected chi connectivity index (χ1v) is 5.51. The highest BCUT2D eigenvalue weighted by Crippen LogP contribution is 2.32. The predicted octanol–water partition coefficient (Wildman–Crippen LogP) is 2.43. The number of rotatable bonds is 0. The smallest absolute Gasteiger partial charge is 0.0787 e. The number of aliphatic hydroxyl groups is 1. The maximum absolute atomic E-state index is 10.1. The van der Waals surface area contributed by atoms with Crippen LogP contribution in [0.2, 0.25) is 0 Å². The lowest BCUT2D eigenvalue weighted by Gasteiger charge is -2.40. The molecule has 0 aromatic heterocycles. The fourth-order valence-corrected chi connectivity index (χ4v) is 2.24. The fraction of sp³-hybridized carbons (Fsp3) is 0.538. The number of anilines is 1. The molecule has 82 valence electrons. The molecule has 0 saturated carbocycles. The molecule has 2 N–H and O–H groups in total. The SMILES string of the molecule is CC(C)(C)[C@@H]1Nc2ccccc2C[C@@H]1O. The summed E-state index contributed by atoms with van der Waals surface area (Å²) in [7, 11) is 0. The van der Waals surface area contributed by atoms with Crippen molar-refractivity contribution in [3.63, 3.8) is 0 Å². The number of para-hydroxylation sites is 1. The van der Waals surface area contributed by atoms with Gasteiger partial charge < -0.3 is 10.4 Å². The van der Waals surface area contributed by atoms with Crippen molar-refractivity contribution in [2.75, 3.05) is 5.32 Å². The lowest BCUT2D eigenvalue weighted by atomic mass is 9.79. The van der Waals surface area contributed by atoms with Crippen molar-refractivity contribution in [1.29, 1.82) is 0 Å². The van der Waals surface area contributed by atoms with Gasteiger partial charge in [-0.05, 0) is 17.0 Å². The zero-order valence-electron chi connectivity index (χ0n) is 9.62. The van der Waals surface area contributed by atoms with Crippen molar-refractivity contribution in [2.45, 2.75) is 39.3 Å². The van der Waals surface area contributed by atoms with Gasteiger partial charge >= 0.3 is 0 Å². The second-order valence-electron chi connectivity index (χ2n) is 5.42. The number of aliphatic hydroxyl groups excluding tert-OH is 1. The molecule has 0 bridgehead atoms. The summed E-state index contributed by atoms with van der Waals surface area (Å²) >= 11 is 0. The van der Waals surface area contributed by atoms with Crippen LogP contribution in [0, 0.1) is 5.41 Å². The van der Waals surface area contributed by atoms with Crippen molar-refractivity contribution in [1.82, 2.24) is 0 Å². The Kier molecular flexibility index (Phi) is 2.47. The van der Waals surface area contributed by atoms with Crippen LogP contribution in [0.15, 0.2) is 24.3 Å². The Morgan fingerprint density at radius 3 is 2.60 bits per heavy atom. The van der Waals surface area contributed by atoms with Crippen molar-refractivity contribution in [3.05, 3.63) is 29.8 Å². The molecule has 2 atom stereocenters. The number of fused-ring (bicyclic) bond motifs is 1. The van der Waals surface area contributed by atoms with Gasteiger partial charge in [0.25, 0.3) is 0 Å². The van der Waals surface area contributed by atoms with E-state index < -0.39 is 0 Å². The van der Waals surface area contributed by atoms with E-state index in [9.17, 15) is 5.11 Å². The number of benzene rings is 1. The Hall–Kier alpha value is -1.02. The Balaban J connectivity index is 2.30. The molecular formula is C13H19NO. The Morgan fingerprint density at radius 1 is 1.27 bits per heavy atom. The Labute approximate surface area is 91.3 Å². The van der Waals surface area contributed by atoms with Crippen molar-refractivity contribution < 1.29 is 5.11 Å². The van der Waals surface area contributed by atoms with E-state index in [1.54, 1.807) is 0 Å². The first-order valence-electron chi connectivity index (χ1n) is 5.51. The maximum Gasteiger partial charge on any atom is 0.0787 e. The molecule has 1 aliphatic rings. The van der Waals surface area contributed by atoms with Gasteiger partial charge in [0.2, 0.25) is 0 Å². The summed E-state index contributed by atoms with van der Waals surface area (Å²) in [6.07, 6.45) is 0.463. The first-order chi connectivity index (χ1) is 6.98. The standard InChI is InChI=1S/C13H19NO/c1-13(2,3)12-11(15)8-9-6-4-5-7-10(9)14-12/h4-7,11-12,14-15H,8H2,1-3H3/t11-,12+/m0/s1. The third-order valence-corrected chi connectivity index (χ3v) is 3.08. The molecule has 0 fully saturated rings. The largest absolute Gasteiger partial charge is 0.391 e. The van der Waals surface area contributed by atoms with E-state index in [0.29, 0.717) is 0 Å². The van der Waals surface area contributed by atoms with E-state index >= 15 is 0 Å². The van der Waals surface area contributed by atoms with E-state index in [4.69, 9.17) is 0 Å². The summed E-state index contributed by atoms with van der Waals surface area (Å²) in [6, 6.07) is 8.34. The Bertz CT molecular complexity index is 354. The molecule has 0 aliphatic carbocycles. The van der Waals surface area contributed by atoms with Crippen molar-refractivity contribution in [2.24, 2.45) is 5.41 Å². The minimum Gasteiger partial charge on any atom is -0.391 e. The third kappa shape index (κ3) is 2.00. The summed E-state index contributed by atoms with van der Waals surface area (Å²) < 4.78 is 0. The molecule has 15 heavy (non-hydrogen) atoms. The van der Waals surface area contributed by atoms with Gasteiger partial charge in [-0.2, -0.15) is 0 Å². The summed E-state index contributed by atoms with van der Waals surface area (Å²) in [5.74, 6) is 0. The van der Waals surface area contributed by atoms with Gasteiger partial charge in [0.1, 0.15) is 0 Å². The minimum absolute atomic E-state index is 0.0763. The van der Waals surface area contributed by atoms with Crippen LogP contribution in [-0.2, 0) is 6.42 Å². The molecule has 2 rings (SSSR count). The fourth-order valence-electron chi connectivity index (χ4n) is 2.24. The zero-order chi connectivity index (χ0) is 11.1. The maximum atomic E-state index is 10.1. The predicted molar refractivity (Wildman–Crippen MR) is 63.0 cm³/mol. The summed E-state index contributed by atoms with van der Waals surface area (Å²) in [4.78, 5) is 0. The molecular weight excluding hydrogens is 186 g/mol. The molecule has 0 spiro atoms. The number of hydrogen-bond donors (Lipinski definition) is 2. The van der Waals surface area contributed by atoms with Gasteiger partial charge in [0.05, 0.1) is 12.1 Å². The van der Waals surface area contributed by atoms with Crippen LogP contribution >= 0.6 is 0 Å². The van der Waals surface area contributed by atoms with E-state index in [1.807, 2.05) is 12.1 Å². The van der Waals surface area contributed by atoms with Gasteiger partial charge in [-0.25, -0.2) is 0 Å². The molecule has 2 nitrogen and oxygen atoms in total. The second-order valence-corrected chi connectivity index (χ2v) is 5.42. The van der Waals surface area contributed by atoms with Crippen LogP contribution in [0.25, 0.3) is 0 Å². The van der Waals surface area contributed by atoms with Crippen LogP contribution in [0.3, 0.4) is 0 Å². The normalized spacial score (nSPS) is 25.6. The minimum atomic E-state index is -0.292. The van der Waals surface area contributed by atoms with Gasteiger partial charge in [0.15, 0.2) is 0 Å².